The van der Waals surface area contributed by atoms with Gasteiger partial charge in [0.1, 0.15) is 0 Å². The molecule has 0 atom stereocenters. The van der Waals surface area contributed by atoms with Gasteiger partial charge in [-0.2, -0.15) is 0 Å². The molecular formula is C16H19NS. The van der Waals surface area contributed by atoms with Crippen molar-refractivity contribution < 1.29 is 0 Å². The van der Waals surface area contributed by atoms with Crippen LogP contribution in [0.3, 0.4) is 0 Å². The molecule has 0 aliphatic rings. The Morgan fingerprint density at radius 3 is 2.61 bits per heavy atom. The molecule has 2 aromatic carbocycles. The summed E-state index contributed by atoms with van der Waals surface area (Å²) in [6.07, 6.45) is 0. The van der Waals surface area contributed by atoms with Gasteiger partial charge in [0.2, 0.25) is 0 Å². The molecule has 2 aromatic rings. The second kappa shape index (κ2) is 6.50. The fourth-order valence-corrected chi connectivity index (χ4v) is 2.72. The van der Waals surface area contributed by atoms with Gasteiger partial charge in [0.15, 0.2) is 0 Å². The van der Waals surface area contributed by atoms with E-state index in [4.69, 9.17) is 0 Å². The van der Waals surface area contributed by atoms with Crippen LogP contribution in [-0.4, -0.2) is 12.3 Å². The van der Waals surface area contributed by atoms with Crippen LogP contribution in [0.5, 0.6) is 0 Å². The molecule has 0 amide bonds. The minimum absolute atomic E-state index is 0.989. The monoisotopic (exact) mass is 257 g/mol. The lowest BCUT2D eigenvalue weighted by Crippen LogP contribution is -2.04. The number of nitrogens with one attached hydrogen (secondary N) is 1. The molecule has 0 spiro atoms. The highest BCUT2D eigenvalue weighted by molar-refractivity contribution is 7.99. The molecule has 94 valence electrons. The Morgan fingerprint density at radius 2 is 1.83 bits per heavy atom. The number of aryl methyl sites for hydroxylation is 2. The molecule has 0 heterocycles. The molecule has 0 aliphatic carbocycles. The molecule has 0 fully saturated rings. The van der Waals surface area contributed by atoms with E-state index in [-0.39, 0.29) is 0 Å². The molecule has 0 saturated heterocycles. The van der Waals surface area contributed by atoms with Crippen LogP contribution in [0.4, 0.5) is 5.69 Å². The fourth-order valence-electron chi connectivity index (χ4n) is 1.83. The van der Waals surface area contributed by atoms with Crippen molar-refractivity contribution >= 4 is 17.4 Å². The topological polar surface area (TPSA) is 12.0 Å². The minimum Gasteiger partial charge on any atom is -0.384 e. The molecular weight excluding hydrogens is 238 g/mol. The average Bonchev–Trinajstić information content (AvgIpc) is 2.37. The van der Waals surface area contributed by atoms with Gasteiger partial charge in [0.05, 0.1) is 0 Å². The Balaban J connectivity index is 1.78. The van der Waals surface area contributed by atoms with E-state index >= 15 is 0 Å². The summed E-state index contributed by atoms with van der Waals surface area (Å²) in [5.74, 6) is 1.08. The molecule has 0 aliphatic heterocycles. The maximum Gasteiger partial charge on any atom is 0.0343 e. The van der Waals surface area contributed by atoms with Crippen LogP contribution in [0.25, 0.3) is 0 Å². The van der Waals surface area contributed by atoms with Crippen molar-refractivity contribution in [2.75, 3.05) is 17.6 Å². The summed E-state index contributed by atoms with van der Waals surface area (Å²) in [7, 11) is 0. The predicted molar refractivity (Wildman–Crippen MR) is 81.6 cm³/mol. The molecule has 1 N–H and O–H groups in total. The zero-order valence-electron chi connectivity index (χ0n) is 10.9. The van der Waals surface area contributed by atoms with Gasteiger partial charge in [-0.25, -0.2) is 0 Å². The molecule has 0 aromatic heterocycles. The lowest BCUT2D eigenvalue weighted by Gasteiger charge is -2.08. The Bertz CT molecular complexity index is 508. The van der Waals surface area contributed by atoms with Gasteiger partial charge in [-0.3, -0.25) is 0 Å². The Kier molecular flexibility index (Phi) is 4.71. The summed E-state index contributed by atoms with van der Waals surface area (Å²) in [6.45, 7) is 5.27. The van der Waals surface area contributed by atoms with Crippen molar-refractivity contribution in [3.05, 3.63) is 59.7 Å². The van der Waals surface area contributed by atoms with Crippen LogP contribution in [0.15, 0.2) is 53.4 Å². The SMILES string of the molecule is Cc1cccc(NCCSc2ccccc2C)c1. The Labute approximate surface area is 114 Å². The van der Waals surface area contributed by atoms with Crippen LogP contribution in [-0.2, 0) is 0 Å². The third-order valence-corrected chi connectivity index (χ3v) is 3.98. The summed E-state index contributed by atoms with van der Waals surface area (Å²) in [6, 6.07) is 17.0. The number of rotatable bonds is 5. The molecule has 2 rings (SSSR count). The van der Waals surface area contributed by atoms with Gasteiger partial charge in [0.25, 0.3) is 0 Å². The second-order valence-corrected chi connectivity index (χ2v) is 5.55. The van der Waals surface area contributed by atoms with Gasteiger partial charge < -0.3 is 5.32 Å². The van der Waals surface area contributed by atoms with Crippen molar-refractivity contribution in [1.82, 2.24) is 0 Å². The normalized spacial score (nSPS) is 10.3. The number of anilines is 1. The Morgan fingerprint density at radius 1 is 1.00 bits per heavy atom. The van der Waals surface area contributed by atoms with E-state index in [0.717, 1.165) is 12.3 Å². The molecule has 1 nitrogen and oxygen atoms in total. The van der Waals surface area contributed by atoms with Gasteiger partial charge in [0, 0.05) is 22.9 Å². The van der Waals surface area contributed by atoms with Gasteiger partial charge >= 0.3 is 0 Å². The predicted octanol–water partition coefficient (Wildman–Crippen LogP) is 4.51. The third kappa shape index (κ3) is 3.81. The van der Waals surface area contributed by atoms with Crippen LogP contribution in [0.1, 0.15) is 11.1 Å². The zero-order chi connectivity index (χ0) is 12.8. The van der Waals surface area contributed by atoms with E-state index in [2.05, 4.69) is 67.7 Å². The number of hydrogen-bond donors (Lipinski definition) is 1. The highest BCUT2D eigenvalue weighted by Gasteiger charge is 1.97. The number of hydrogen-bond acceptors (Lipinski definition) is 2. The Hall–Kier alpha value is -1.41. The highest BCUT2D eigenvalue weighted by Crippen LogP contribution is 2.21. The average molecular weight is 257 g/mol. The van der Waals surface area contributed by atoms with E-state index in [9.17, 15) is 0 Å². The number of thioether (sulfide) groups is 1. The largest absolute Gasteiger partial charge is 0.384 e. The summed E-state index contributed by atoms with van der Waals surface area (Å²) in [4.78, 5) is 1.38. The van der Waals surface area contributed by atoms with Crippen molar-refractivity contribution in [2.45, 2.75) is 18.7 Å². The molecule has 0 radical (unpaired) electrons. The van der Waals surface area contributed by atoms with Crippen molar-refractivity contribution in [3.63, 3.8) is 0 Å². The quantitative estimate of drug-likeness (QED) is 0.625. The first-order valence-corrected chi connectivity index (χ1v) is 7.23. The standard InChI is InChI=1S/C16H19NS/c1-13-6-5-8-15(12-13)17-10-11-18-16-9-4-3-7-14(16)2/h3-9,12,17H,10-11H2,1-2H3. The molecule has 0 unspecified atom stereocenters. The third-order valence-electron chi connectivity index (χ3n) is 2.80. The van der Waals surface area contributed by atoms with E-state index in [0.29, 0.717) is 0 Å². The molecule has 0 bridgehead atoms. The zero-order valence-corrected chi connectivity index (χ0v) is 11.8. The molecule has 2 heteroatoms. The van der Waals surface area contributed by atoms with E-state index < -0.39 is 0 Å². The summed E-state index contributed by atoms with van der Waals surface area (Å²) >= 11 is 1.91. The summed E-state index contributed by atoms with van der Waals surface area (Å²) in [5.41, 5.74) is 3.87. The second-order valence-electron chi connectivity index (χ2n) is 4.41. The van der Waals surface area contributed by atoms with Crippen molar-refractivity contribution in [1.29, 1.82) is 0 Å². The van der Waals surface area contributed by atoms with Crippen LogP contribution < -0.4 is 5.32 Å². The summed E-state index contributed by atoms with van der Waals surface area (Å²) in [5, 5.41) is 3.45. The highest BCUT2D eigenvalue weighted by atomic mass is 32.2. The maximum atomic E-state index is 3.45. The van der Waals surface area contributed by atoms with Crippen molar-refractivity contribution in [2.24, 2.45) is 0 Å². The first-order valence-electron chi connectivity index (χ1n) is 6.25. The van der Waals surface area contributed by atoms with Gasteiger partial charge in [-0.1, -0.05) is 30.3 Å². The molecule has 0 saturated carbocycles. The van der Waals surface area contributed by atoms with E-state index in [1.165, 1.54) is 21.7 Å². The minimum atomic E-state index is 0.989. The van der Waals surface area contributed by atoms with Crippen LogP contribution in [0.2, 0.25) is 0 Å². The van der Waals surface area contributed by atoms with Crippen LogP contribution in [0, 0.1) is 13.8 Å². The van der Waals surface area contributed by atoms with Crippen molar-refractivity contribution in [3.8, 4) is 0 Å². The first kappa shape index (κ1) is 13.0. The molecule has 18 heavy (non-hydrogen) atoms. The summed E-state index contributed by atoms with van der Waals surface area (Å²) < 4.78 is 0. The van der Waals surface area contributed by atoms with E-state index in [1.807, 2.05) is 11.8 Å². The maximum absolute atomic E-state index is 3.45. The smallest absolute Gasteiger partial charge is 0.0343 e. The first-order chi connectivity index (χ1) is 8.75. The van der Waals surface area contributed by atoms with Crippen LogP contribution >= 0.6 is 11.8 Å². The van der Waals surface area contributed by atoms with Gasteiger partial charge in [-0.15, -0.1) is 11.8 Å². The van der Waals surface area contributed by atoms with Gasteiger partial charge in [-0.05, 0) is 43.2 Å². The number of benzene rings is 2. The van der Waals surface area contributed by atoms with E-state index in [1.54, 1.807) is 0 Å². The lowest BCUT2D eigenvalue weighted by atomic mass is 10.2. The fraction of sp³-hybridized carbons (Fsp3) is 0.250. The lowest BCUT2D eigenvalue weighted by molar-refractivity contribution is 1.21.